The van der Waals surface area contributed by atoms with E-state index in [1.54, 1.807) is 6.92 Å². The zero-order valence-electron chi connectivity index (χ0n) is 8.62. The Morgan fingerprint density at radius 1 is 1.25 bits per heavy atom. The third-order valence-electron chi connectivity index (χ3n) is 2.03. The minimum absolute atomic E-state index is 0.0312. The maximum atomic E-state index is 10.5. The number of allylic oxidation sites excluding steroid dienone is 1. The van der Waals surface area contributed by atoms with Gasteiger partial charge in [0.1, 0.15) is 0 Å². The van der Waals surface area contributed by atoms with Crippen LogP contribution >= 0.6 is 0 Å². The van der Waals surface area contributed by atoms with Gasteiger partial charge in [0, 0.05) is 24.6 Å². The van der Waals surface area contributed by atoms with Gasteiger partial charge in [-0.05, 0) is 17.7 Å². The summed E-state index contributed by atoms with van der Waals surface area (Å²) in [7, 11) is 0. The van der Waals surface area contributed by atoms with Crippen molar-refractivity contribution in [2.24, 2.45) is 0 Å². The van der Waals surface area contributed by atoms with Gasteiger partial charge in [0.05, 0.1) is 9.85 Å². The second-order valence-corrected chi connectivity index (χ2v) is 3.09. The van der Waals surface area contributed by atoms with Crippen LogP contribution in [0.3, 0.4) is 0 Å². The first-order valence-electron chi connectivity index (χ1n) is 4.64. The number of non-ortho nitro benzene ring substituents is 1. The fourth-order valence-corrected chi connectivity index (χ4v) is 1.17. The van der Waals surface area contributed by atoms with Crippen molar-refractivity contribution in [2.75, 3.05) is 0 Å². The minimum atomic E-state index is -0.512. The standard InChI is InChI=1S/C10H10N2O4/c1-2-9(11(13)14)7-8-3-5-10(6-4-8)12(15)16/h3-7H,2H2,1H3. The van der Waals surface area contributed by atoms with Gasteiger partial charge in [0.2, 0.25) is 5.70 Å². The lowest BCUT2D eigenvalue weighted by atomic mass is 10.1. The molecule has 0 saturated heterocycles. The lowest BCUT2D eigenvalue weighted by molar-refractivity contribution is -0.425. The highest BCUT2D eigenvalue weighted by Crippen LogP contribution is 2.15. The number of rotatable bonds is 4. The molecule has 0 N–H and O–H groups in total. The third kappa shape index (κ3) is 2.88. The maximum absolute atomic E-state index is 10.5. The van der Waals surface area contributed by atoms with Crippen LogP contribution in [0, 0.1) is 20.2 Å². The van der Waals surface area contributed by atoms with Gasteiger partial charge in [0.15, 0.2) is 0 Å². The molecule has 1 aromatic rings. The number of benzene rings is 1. The lowest BCUT2D eigenvalue weighted by Crippen LogP contribution is -1.96. The Balaban J connectivity index is 2.98. The summed E-state index contributed by atoms with van der Waals surface area (Å²) < 4.78 is 0. The Labute approximate surface area is 91.5 Å². The minimum Gasteiger partial charge on any atom is -0.259 e. The largest absolute Gasteiger partial charge is 0.269 e. The lowest BCUT2D eigenvalue weighted by Gasteiger charge is -1.95. The van der Waals surface area contributed by atoms with Gasteiger partial charge < -0.3 is 0 Å². The molecule has 0 amide bonds. The van der Waals surface area contributed by atoms with Gasteiger partial charge in [0.25, 0.3) is 5.69 Å². The van der Waals surface area contributed by atoms with E-state index in [4.69, 9.17) is 0 Å². The summed E-state index contributed by atoms with van der Waals surface area (Å²) in [6.45, 7) is 1.68. The molecule has 0 aliphatic carbocycles. The normalized spacial score (nSPS) is 11.2. The monoisotopic (exact) mass is 222 g/mol. The van der Waals surface area contributed by atoms with Gasteiger partial charge in [-0.2, -0.15) is 0 Å². The Morgan fingerprint density at radius 2 is 1.81 bits per heavy atom. The molecular formula is C10H10N2O4. The second-order valence-electron chi connectivity index (χ2n) is 3.09. The summed E-state index contributed by atoms with van der Waals surface area (Å²) in [5.41, 5.74) is 0.629. The zero-order chi connectivity index (χ0) is 12.1. The van der Waals surface area contributed by atoms with Gasteiger partial charge in [-0.1, -0.05) is 6.92 Å². The highest BCUT2D eigenvalue weighted by molar-refractivity contribution is 5.53. The van der Waals surface area contributed by atoms with Gasteiger partial charge >= 0.3 is 0 Å². The zero-order valence-corrected chi connectivity index (χ0v) is 8.62. The molecule has 0 fully saturated rings. The van der Waals surface area contributed by atoms with E-state index in [2.05, 4.69) is 0 Å². The van der Waals surface area contributed by atoms with Crippen molar-refractivity contribution < 1.29 is 9.85 Å². The van der Waals surface area contributed by atoms with E-state index in [1.807, 2.05) is 0 Å². The maximum Gasteiger partial charge on any atom is 0.269 e. The van der Waals surface area contributed by atoms with Crippen molar-refractivity contribution in [1.29, 1.82) is 0 Å². The highest BCUT2D eigenvalue weighted by atomic mass is 16.6. The predicted molar refractivity (Wildman–Crippen MR) is 58.4 cm³/mol. The van der Waals surface area contributed by atoms with E-state index >= 15 is 0 Å². The van der Waals surface area contributed by atoms with Crippen LogP contribution in [0.5, 0.6) is 0 Å². The van der Waals surface area contributed by atoms with E-state index in [1.165, 1.54) is 30.3 Å². The Hall–Kier alpha value is -2.24. The van der Waals surface area contributed by atoms with E-state index in [9.17, 15) is 20.2 Å². The SMILES string of the molecule is CCC(=Cc1ccc([N+](=O)[O-])cc1)[N+](=O)[O-]. The van der Waals surface area contributed by atoms with Gasteiger partial charge in [-0.15, -0.1) is 0 Å². The second kappa shape index (κ2) is 5.01. The number of nitro benzene ring substituents is 1. The molecule has 0 heterocycles. The van der Waals surface area contributed by atoms with Gasteiger partial charge in [-0.3, -0.25) is 20.2 Å². The van der Waals surface area contributed by atoms with Crippen LogP contribution < -0.4 is 0 Å². The summed E-state index contributed by atoms with van der Waals surface area (Å²) in [5, 5.41) is 20.9. The van der Waals surface area contributed by atoms with E-state index in [-0.39, 0.29) is 11.4 Å². The van der Waals surface area contributed by atoms with Crippen LogP contribution in [0.25, 0.3) is 6.08 Å². The molecule has 84 valence electrons. The molecule has 1 rings (SSSR count). The average molecular weight is 222 g/mol. The van der Waals surface area contributed by atoms with Crippen molar-refractivity contribution in [3.8, 4) is 0 Å². The first-order chi connectivity index (χ1) is 7.54. The molecule has 1 aromatic carbocycles. The Morgan fingerprint density at radius 3 is 2.19 bits per heavy atom. The molecule has 0 bridgehead atoms. The van der Waals surface area contributed by atoms with Crippen molar-refractivity contribution in [1.82, 2.24) is 0 Å². The highest BCUT2D eigenvalue weighted by Gasteiger charge is 2.08. The molecular weight excluding hydrogens is 212 g/mol. The molecule has 0 atom stereocenters. The van der Waals surface area contributed by atoms with Gasteiger partial charge in [-0.25, -0.2) is 0 Å². The van der Waals surface area contributed by atoms with Crippen LogP contribution in [-0.4, -0.2) is 9.85 Å². The topological polar surface area (TPSA) is 86.3 Å². The van der Waals surface area contributed by atoms with Crippen molar-refractivity contribution in [2.45, 2.75) is 13.3 Å². The molecule has 0 aliphatic heterocycles. The summed E-state index contributed by atoms with van der Waals surface area (Å²) in [6.07, 6.45) is 1.72. The van der Waals surface area contributed by atoms with Crippen LogP contribution in [0.2, 0.25) is 0 Å². The first kappa shape index (κ1) is 11.8. The summed E-state index contributed by atoms with van der Waals surface area (Å²) in [5.74, 6) is 0. The third-order valence-corrected chi connectivity index (χ3v) is 2.03. The number of hydrogen-bond acceptors (Lipinski definition) is 4. The van der Waals surface area contributed by atoms with Crippen molar-refractivity contribution >= 4 is 11.8 Å². The molecule has 6 heteroatoms. The average Bonchev–Trinajstić information content (AvgIpc) is 2.26. The smallest absolute Gasteiger partial charge is 0.259 e. The summed E-state index contributed by atoms with van der Waals surface area (Å²) in [6, 6.07) is 5.60. The fraction of sp³-hybridized carbons (Fsp3) is 0.200. The first-order valence-corrected chi connectivity index (χ1v) is 4.64. The Kier molecular flexibility index (Phi) is 3.71. The summed E-state index contributed by atoms with van der Waals surface area (Å²) >= 11 is 0. The summed E-state index contributed by atoms with van der Waals surface area (Å²) in [4.78, 5) is 20.0. The fourth-order valence-electron chi connectivity index (χ4n) is 1.17. The van der Waals surface area contributed by atoms with Crippen molar-refractivity contribution in [3.63, 3.8) is 0 Å². The predicted octanol–water partition coefficient (Wildman–Crippen LogP) is 2.62. The van der Waals surface area contributed by atoms with Crippen LogP contribution in [0.15, 0.2) is 30.0 Å². The van der Waals surface area contributed by atoms with Crippen LogP contribution in [0.4, 0.5) is 5.69 Å². The number of nitrogens with zero attached hydrogens (tertiary/aromatic N) is 2. The van der Waals surface area contributed by atoms with Crippen LogP contribution in [0.1, 0.15) is 18.9 Å². The number of hydrogen-bond donors (Lipinski definition) is 0. The molecule has 0 unspecified atom stereocenters. The quantitative estimate of drug-likeness (QED) is 0.578. The molecule has 16 heavy (non-hydrogen) atoms. The Bertz CT molecular complexity index is 437. The molecule has 0 radical (unpaired) electrons. The van der Waals surface area contributed by atoms with E-state index in [0.717, 1.165) is 0 Å². The molecule has 6 nitrogen and oxygen atoms in total. The van der Waals surface area contributed by atoms with Crippen LogP contribution in [-0.2, 0) is 0 Å². The van der Waals surface area contributed by atoms with E-state index < -0.39 is 9.85 Å². The number of nitro groups is 2. The molecule has 0 aliphatic rings. The molecule has 0 aromatic heterocycles. The molecule has 0 spiro atoms. The van der Waals surface area contributed by atoms with Crippen molar-refractivity contribution in [3.05, 3.63) is 55.8 Å². The molecule has 0 saturated carbocycles. The van der Waals surface area contributed by atoms with E-state index in [0.29, 0.717) is 12.0 Å².